The predicted molar refractivity (Wildman–Crippen MR) is 80.7 cm³/mol. The van der Waals surface area contributed by atoms with Crippen LogP contribution in [0.5, 0.6) is 0 Å². The van der Waals surface area contributed by atoms with Crippen LogP contribution in [-0.4, -0.2) is 34.4 Å². The van der Waals surface area contributed by atoms with Crippen molar-refractivity contribution in [3.63, 3.8) is 0 Å². The lowest BCUT2D eigenvalue weighted by molar-refractivity contribution is -0.140. The standard InChI is InChI=1S/C15H29N3O2/c1-4-9-15(10-5-2,13(16)17-20)14(19)18-11-7-8-12(18)6-3/h12,20H,4-11H2,1-3H3,(H2,16,17). The number of hydrogen-bond acceptors (Lipinski definition) is 3. The van der Waals surface area contributed by atoms with E-state index >= 15 is 0 Å². The van der Waals surface area contributed by atoms with E-state index in [1.165, 1.54) is 0 Å². The van der Waals surface area contributed by atoms with Gasteiger partial charge in [0.1, 0.15) is 5.41 Å². The van der Waals surface area contributed by atoms with Crippen molar-refractivity contribution in [1.82, 2.24) is 4.90 Å². The maximum atomic E-state index is 13.1. The SMILES string of the molecule is CCCC(CCC)(C(=O)N1CCCC1CC)C(N)=NO. The molecule has 20 heavy (non-hydrogen) atoms. The number of rotatable bonds is 7. The van der Waals surface area contributed by atoms with Crippen LogP contribution >= 0.6 is 0 Å². The Bertz CT molecular complexity index is 349. The Labute approximate surface area is 122 Å². The number of amides is 1. The zero-order valence-electron chi connectivity index (χ0n) is 13.1. The van der Waals surface area contributed by atoms with Crippen molar-refractivity contribution in [2.45, 2.75) is 71.8 Å². The van der Waals surface area contributed by atoms with Gasteiger partial charge in [0.05, 0.1) is 0 Å². The van der Waals surface area contributed by atoms with Crippen LogP contribution in [0, 0.1) is 5.41 Å². The molecule has 1 unspecified atom stereocenters. The molecule has 0 aliphatic carbocycles. The van der Waals surface area contributed by atoms with Gasteiger partial charge in [0.15, 0.2) is 5.84 Å². The van der Waals surface area contributed by atoms with Crippen LogP contribution in [0.4, 0.5) is 0 Å². The van der Waals surface area contributed by atoms with Gasteiger partial charge in [0, 0.05) is 12.6 Å². The van der Waals surface area contributed by atoms with E-state index in [1.807, 2.05) is 18.7 Å². The second-order valence-electron chi connectivity index (χ2n) is 5.77. The molecule has 1 fully saturated rings. The number of oxime groups is 1. The Morgan fingerprint density at radius 1 is 1.35 bits per heavy atom. The minimum Gasteiger partial charge on any atom is -0.409 e. The second-order valence-corrected chi connectivity index (χ2v) is 5.77. The van der Waals surface area contributed by atoms with Crippen LogP contribution in [0.1, 0.15) is 65.7 Å². The molecule has 0 aromatic heterocycles. The highest BCUT2D eigenvalue weighted by Crippen LogP contribution is 2.35. The van der Waals surface area contributed by atoms with Crippen LogP contribution in [0.3, 0.4) is 0 Å². The zero-order valence-corrected chi connectivity index (χ0v) is 13.1. The summed E-state index contributed by atoms with van der Waals surface area (Å²) in [6.45, 7) is 6.97. The first-order chi connectivity index (χ1) is 9.57. The molecule has 0 bridgehead atoms. The molecule has 1 aliphatic heterocycles. The highest BCUT2D eigenvalue weighted by atomic mass is 16.4. The second kappa shape index (κ2) is 7.50. The Kier molecular flexibility index (Phi) is 6.30. The van der Waals surface area contributed by atoms with Gasteiger partial charge in [-0.05, 0) is 32.1 Å². The highest BCUT2D eigenvalue weighted by Gasteiger charge is 2.46. The average Bonchev–Trinajstić information content (AvgIpc) is 2.93. The molecular formula is C15H29N3O2. The van der Waals surface area contributed by atoms with Gasteiger partial charge >= 0.3 is 0 Å². The molecule has 3 N–H and O–H groups in total. The fraction of sp³-hybridized carbons (Fsp3) is 0.867. The molecule has 0 spiro atoms. The third-order valence-corrected chi connectivity index (χ3v) is 4.47. The fourth-order valence-electron chi connectivity index (χ4n) is 3.46. The number of likely N-dealkylation sites (tertiary alicyclic amines) is 1. The van der Waals surface area contributed by atoms with E-state index < -0.39 is 5.41 Å². The Balaban J connectivity index is 3.11. The lowest BCUT2D eigenvalue weighted by Crippen LogP contribution is -2.52. The van der Waals surface area contributed by atoms with Crippen molar-refractivity contribution < 1.29 is 10.0 Å². The first-order valence-corrected chi connectivity index (χ1v) is 7.86. The first-order valence-electron chi connectivity index (χ1n) is 7.86. The molecular weight excluding hydrogens is 254 g/mol. The lowest BCUT2D eigenvalue weighted by Gasteiger charge is -2.37. The maximum absolute atomic E-state index is 13.1. The minimum atomic E-state index is -0.823. The van der Waals surface area contributed by atoms with Gasteiger partial charge in [-0.2, -0.15) is 0 Å². The molecule has 1 rings (SSSR count). The smallest absolute Gasteiger partial charge is 0.236 e. The quantitative estimate of drug-likeness (QED) is 0.326. The van der Waals surface area contributed by atoms with Crippen LogP contribution < -0.4 is 5.73 Å². The number of nitrogens with two attached hydrogens (primary N) is 1. The summed E-state index contributed by atoms with van der Waals surface area (Å²) in [5, 5.41) is 12.3. The molecule has 0 aromatic rings. The number of carbonyl (C=O) groups is 1. The number of hydrogen-bond donors (Lipinski definition) is 2. The van der Waals surface area contributed by atoms with Gasteiger partial charge in [-0.25, -0.2) is 0 Å². The molecule has 5 nitrogen and oxygen atoms in total. The largest absolute Gasteiger partial charge is 0.409 e. The Morgan fingerprint density at radius 3 is 2.40 bits per heavy atom. The van der Waals surface area contributed by atoms with Crippen LogP contribution in [0.15, 0.2) is 5.16 Å². The summed E-state index contributed by atoms with van der Waals surface area (Å²) in [5.74, 6) is 0.133. The number of amidine groups is 1. The molecule has 1 atom stereocenters. The summed E-state index contributed by atoms with van der Waals surface area (Å²) < 4.78 is 0. The summed E-state index contributed by atoms with van der Waals surface area (Å²) in [5.41, 5.74) is 5.11. The highest BCUT2D eigenvalue weighted by molar-refractivity contribution is 6.06. The van der Waals surface area contributed by atoms with Gasteiger partial charge in [-0.1, -0.05) is 38.8 Å². The van der Waals surface area contributed by atoms with Crippen LogP contribution in [0.25, 0.3) is 0 Å². The molecule has 0 aromatic carbocycles. The molecule has 116 valence electrons. The first kappa shape index (κ1) is 16.8. The molecule has 1 aliphatic rings. The van der Waals surface area contributed by atoms with Crippen molar-refractivity contribution >= 4 is 11.7 Å². The van der Waals surface area contributed by atoms with Crippen LogP contribution in [-0.2, 0) is 4.79 Å². The lowest BCUT2D eigenvalue weighted by atomic mass is 9.76. The zero-order chi connectivity index (χ0) is 15.2. The van der Waals surface area contributed by atoms with E-state index in [9.17, 15) is 4.79 Å². The van der Waals surface area contributed by atoms with E-state index in [0.717, 1.165) is 38.6 Å². The van der Waals surface area contributed by atoms with Gasteiger partial charge < -0.3 is 15.8 Å². The molecule has 1 amide bonds. The van der Waals surface area contributed by atoms with E-state index in [1.54, 1.807) is 0 Å². The molecule has 1 heterocycles. The van der Waals surface area contributed by atoms with E-state index in [2.05, 4.69) is 12.1 Å². The fourth-order valence-corrected chi connectivity index (χ4v) is 3.46. The molecule has 5 heteroatoms. The Morgan fingerprint density at radius 2 is 1.95 bits per heavy atom. The maximum Gasteiger partial charge on any atom is 0.236 e. The summed E-state index contributed by atoms with van der Waals surface area (Å²) in [4.78, 5) is 15.0. The van der Waals surface area contributed by atoms with Crippen molar-refractivity contribution in [3.05, 3.63) is 0 Å². The van der Waals surface area contributed by atoms with Gasteiger partial charge in [-0.15, -0.1) is 0 Å². The molecule has 0 saturated carbocycles. The van der Waals surface area contributed by atoms with Crippen molar-refractivity contribution in [2.75, 3.05) is 6.54 Å². The van der Waals surface area contributed by atoms with E-state index in [-0.39, 0.29) is 11.7 Å². The monoisotopic (exact) mass is 283 g/mol. The van der Waals surface area contributed by atoms with Gasteiger partial charge in [0.2, 0.25) is 5.91 Å². The van der Waals surface area contributed by atoms with Crippen molar-refractivity contribution in [2.24, 2.45) is 16.3 Å². The molecule has 0 radical (unpaired) electrons. The summed E-state index contributed by atoms with van der Waals surface area (Å²) in [7, 11) is 0. The summed E-state index contributed by atoms with van der Waals surface area (Å²) in [6, 6.07) is 0.307. The Hall–Kier alpha value is -1.26. The summed E-state index contributed by atoms with van der Waals surface area (Å²) >= 11 is 0. The van der Waals surface area contributed by atoms with Gasteiger partial charge in [-0.3, -0.25) is 4.79 Å². The predicted octanol–water partition coefficient (Wildman–Crippen LogP) is 2.72. The number of nitrogens with zero attached hydrogens (tertiary/aromatic N) is 2. The van der Waals surface area contributed by atoms with Crippen molar-refractivity contribution in [1.29, 1.82) is 0 Å². The average molecular weight is 283 g/mol. The van der Waals surface area contributed by atoms with Crippen molar-refractivity contribution in [3.8, 4) is 0 Å². The van der Waals surface area contributed by atoms with Crippen LogP contribution in [0.2, 0.25) is 0 Å². The number of carbonyl (C=O) groups excluding carboxylic acids is 1. The normalized spacial score (nSPS) is 20.4. The van der Waals surface area contributed by atoms with E-state index in [4.69, 9.17) is 10.9 Å². The topological polar surface area (TPSA) is 78.9 Å². The van der Waals surface area contributed by atoms with Gasteiger partial charge in [0.25, 0.3) is 0 Å². The minimum absolute atomic E-state index is 0.0563. The van der Waals surface area contributed by atoms with E-state index in [0.29, 0.717) is 18.9 Å². The molecule has 1 saturated heterocycles. The summed E-state index contributed by atoms with van der Waals surface area (Å²) in [6.07, 6.45) is 6.04. The third kappa shape index (κ3) is 3.07. The third-order valence-electron chi connectivity index (χ3n) is 4.47.